The molecule has 1 amide bonds. The van der Waals surface area contributed by atoms with Crippen LogP contribution in [0.4, 0.5) is 11.4 Å². The van der Waals surface area contributed by atoms with Gasteiger partial charge in [0.25, 0.3) is 0 Å². The number of carbonyl (C=O) groups excluding carboxylic acids is 1. The van der Waals surface area contributed by atoms with Crippen LogP contribution in [0.2, 0.25) is 0 Å². The molecule has 2 N–H and O–H groups in total. The Morgan fingerprint density at radius 3 is 3.24 bits per heavy atom. The second-order valence-corrected chi connectivity index (χ2v) is 5.27. The van der Waals surface area contributed by atoms with Gasteiger partial charge < -0.3 is 15.4 Å². The molecule has 3 rings (SSSR count). The van der Waals surface area contributed by atoms with Gasteiger partial charge in [0.2, 0.25) is 5.91 Å². The lowest BCUT2D eigenvalue weighted by atomic mass is 10.2. The van der Waals surface area contributed by atoms with Crippen molar-refractivity contribution in [2.75, 3.05) is 29.6 Å². The molecular weight excluding hydrogens is 236 g/mol. The Morgan fingerprint density at radius 1 is 1.47 bits per heavy atom. The number of thioether (sulfide) groups is 1. The predicted molar refractivity (Wildman–Crippen MR) is 68.6 cm³/mol. The molecule has 0 radical (unpaired) electrons. The number of hydrogen-bond acceptors (Lipinski definition) is 4. The Kier molecular flexibility index (Phi) is 2.94. The minimum Gasteiger partial charge on any atom is -0.380 e. The minimum absolute atomic E-state index is 0.0730. The van der Waals surface area contributed by atoms with E-state index in [1.807, 2.05) is 6.07 Å². The van der Waals surface area contributed by atoms with Crippen molar-refractivity contribution in [2.45, 2.75) is 17.4 Å². The number of ether oxygens (including phenoxy) is 1. The number of benzene rings is 1. The Morgan fingerprint density at radius 2 is 2.41 bits per heavy atom. The number of carbonyl (C=O) groups is 1. The fourth-order valence-electron chi connectivity index (χ4n) is 2.06. The van der Waals surface area contributed by atoms with Gasteiger partial charge in [-0.1, -0.05) is 0 Å². The van der Waals surface area contributed by atoms with E-state index in [1.54, 1.807) is 11.8 Å². The van der Waals surface area contributed by atoms with Crippen LogP contribution in [0.3, 0.4) is 0 Å². The molecule has 17 heavy (non-hydrogen) atoms. The number of rotatable bonds is 2. The van der Waals surface area contributed by atoms with Crippen LogP contribution in [0.25, 0.3) is 0 Å². The lowest BCUT2D eigenvalue weighted by Crippen LogP contribution is -2.21. The SMILES string of the molecule is O=C1CSc2ccc(NC3CCOC3)cc2N1. The Bertz CT molecular complexity index is 444. The van der Waals surface area contributed by atoms with E-state index >= 15 is 0 Å². The lowest BCUT2D eigenvalue weighted by Gasteiger charge is -2.19. The first kappa shape index (κ1) is 10.9. The van der Waals surface area contributed by atoms with Gasteiger partial charge in [0.1, 0.15) is 0 Å². The van der Waals surface area contributed by atoms with Crippen LogP contribution < -0.4 is 10.6 Å². The Labute approximate surface area is 104 Å². The molecule has 1 fully saturated rings. The van der Waals surface area contributed by atoms with Gasteiger partial charge in [-0.15, -0.1) is 11.8 Å². The molecule has 4 nitrogen and oxygen atoms in total. The van der Waals surface area contributed by atoms with Gasteiger partial charge in [-0.2, -0.15) is 0 Å². The summed E-state index contributed by atoms with van der Waals surface area (Å²) in [6.45, 7) is 1.59. The van der Waals surface area contributed by atoms with Crippen LogP contribution in [0, 0.1) is 0 Å². The zero-order valence-corrected chi connectivity index (χ0v) is 10.2. The van der Waals surface area contributed by atoms with Crippen LogP contribution in [0.1, 0.15) is 6.42 Å². The van der Waals surface area contributed by atoms with E-state index in [0.29, 0.717) is 11.8 Å². The van der Waals surface area contributed by atoms with Crippen molar-refractivity contribution in [3.63, 3.8) is 0 Å². The van der Waals surface area contributed by atoms with Crippen LogP contribution >= 0.6 is 11.8 Å². The van der Waals surface area contributed by atoms with E-state index in [-0.39, 0.29) is 5.91 Å². The van der Waals surface area contributed by atoms with E-state index in [9.17, 15) is 4.79 Å². The monoisotopic (exact) mass is 250 g/mol. The second-order valence-electron chi connectivity index (χ2n) is 4.25. The zero-order chi connectivity index (χ0) is 11.7. The van der Waals surface area contributed by atoms with E-state index in [0.717, 1.165) is 35.9 Å². The summed E-state index contributed by atoms with van der Waals surface area (Å²) < 4.78 is 5.32. The van der Waals surface area contributed by atoms with Gasteiger partial charge in [-0.3, -0.25) is 4.79 Å². The maximum Gasteiger partial charge on any atom is 0.234 e. The van der Waals surface area contributed by atoms with Crippen LogP contribution in [0.15, 0.2) is 23.1 Å². The molecule has 2 heterocycles. The number of nitrogens with one attached hydrogen (secondary N) is 2. The molecule has 1 atom stereocenters. The van der Waals surface area contributed by atoms with E-state index < -0.39 is 0 Å². The maximum absolute atomic E-state index is 11.3. The summed E-state index contributed by atoms with van der Waals surface area (Å²) >= 11 is 1.58. The molecule has 0 bridgehead atoms. The lowest BCUT2D eigenvalue weighted by molar-refractivity contribution is -0.113. The normalized spacial score (nSPS) is 23.1. The van der Waals surface area contributed by atoms with E-state index in [2.05, 4.69) is 22.8 Å². The summed E-state index contributed by atoms with van der Waals surface area (Å²) in [7, 11) is 0. The van der Waals surface area contributed by atoms with Crippen molar-refractivity contribution < 1.29 is 9.53 Å². The highest BCUT2D eigenvalue weighted by atomic mass is 32.2. The summed E-state index contributed by atoms with van der Waals surface area (Å²) in [6.07, 6.45) is 1.04. The molecule has 1 aromatic carbocycles. The molecule has 2 aliphatic heterocycles. The summed E-state index contributed by atoms with van der Waals surface area (Å²) in [5.74, 6) is 0.583. The predicted octanol–water partition coefficient (Wildman–Crippen LogP) is 1.93. The molecule has 2 aliphatic rings. The third-order valence-corrected chi connectivity index (χ3v) is 3.99. The first-order valence-corrected chi connectivity index (χ1v) is 6.71. The van der Waals surface area contributed by atoms with Gasteiger partial charge in [-0.25, -0.2) is 0 Å². The first-order chi connectivity index (χ1) is 8.31. The van der Waals surface area contributed by atoms with Crippen LogP contribution in [-0.2, 0) is 9.53 Å². The third kappa shape index (κ3) is 2.40. The van der Waals surface area contributed by atoms with Gasteiger partial charge in [0, 0.05) is 17.2 Å². The largest absolute Gasteiger partial charge is 0.380 e. The number of fused-ring (bicyclic) bond motifs is 1. The molecule has 0 aliphatic carbocycles. The van der Waals surface area contributed by atoms with Gasteiger partial charge in [-0.05, 0) is 24.6 Å². The number of amides is 1. The molecule has 0 saturated carbocycles. The van der Waals surface area contributed by atoms with Crippen molar-refractivity contribution in [1.29, 1.82) is 0 Å². The Balaban J connectivity index is 1.77. The third-order valence-electron chi connectivity index (χ3n) is 2.91. The average Bonchev–Trinajstić information content (AvgIpc) is 2.81. The average molecular weight is 250 g/mol. The molecule has 1 saturated heterocycles. The molecule has 1 aromatic rings. The van der Waals surface area contributed by atoms with Gasteiger partial charge >= 0.3 is 0 Å². The fourth-order valence-corrected chi connectivity index (χ4v) is 2.85. The highest BCUT2D eigenvalue weighted by Gasteiger charge is 2.18. The van der Waals surface area contributed by atoms with Crippen molar-refractivity contribution in [3.05, 3.63) is 18.2 Å². The van der Waals surface area contributed by atoms with Gasteiger partial charge in [0.15, 0.2) is 0 Å². The smallest absolute Gasteiger partial charge is 0.234 e. The van der Waals surface area contributed by atoms with Crippen LogP contribution in [-0.4, -0.2) is 30.9 Å². The highest BCUT2D eigenvalue weighted by Crippen LogP contribution is 2.33. The second kappa shape index (κ2) is 4.58. The topological polar surface area (TPSA) is 50.4 Å². The summed E-state index contributed by atoms with van der Waals surface area (Å²) in [6, 6.07) is 6.50. The summed E-state index contributed by atoms with van der Waals surface area (Å²) in [5, 5.41) is 6.31. The Hall–Kier alpha value is -1.20. The minimum atomic E-state index is 0.0730. The van der Waals surface area contributed by atoms with Crippen molar-refractivity contribution >= 4 is 29.0 Å². The van der Waals surface area contributed by atoms with E-state index in [4.69, 9.17) is 4.74 Å². The van der Waals surface area contributed by atoms with E-state index in [1.165, 1.54) is 0 Å². The molecule has 5 heteroatoms. The molecule has 0 spiro atoms. The molecular formula is C12H14N2O2S. The summed E-state index contributed by atoms with van der Waals surface area (Å²) in [4.78, 5) is 12.4. The first-order valence-electron chi connectivity index (χ1n) is 5.72. The number of anilines is 2. The standard InChI is InChI=1S/C12H14N2O2S/c15-12-7-17-11-2-1-8(5-10(11)14-12)13-9-3-4-16-6-9/h1-2,5,9,13H,3-4,6-7H2,(H,14,15). The van der Waals surface area contributed by atoms with Crippen molar-refractivity contribution in [1.82, 2.24) is 0 Å². The van der Waals surface area contributed by atoms with Crippen LogP contribution in [0.5, 0.6) is 0 Å². The van der Waals surface area contributed by atoms with Crippen molar-refractivity contribution in [3.8, 4) is 0 Å². The molecule has 90 valence electrons. The molecule has 0 aromatic heterocycles. The van der Waals surface area contributed by atoms with Crippen molar-refractivity contribution in [2.24, 2.45) is 0 Å². The summed E-state index contributed by atoms with van der Waals surface area (Å²) in [5.41, 5.74) is 1.96. The quantitative estimate of drug-likeness (QED) is 0.842. The fraction of sp³-hybridized carbons (Fsp3) is 0.417. The maximum atomic E-state index is 11.3. The number of hydrogen-bond donors (Lipinski definition) is 2. The molecule has 1 unspecified atom stereocenters. The zero-order valence-electron chi connectivity index (χ0n) is 9.36. The van der Waals surface area contributed by atoms with Gasteiger partial charge in [0.05, 0.1) is 24.1 Å². The highest BCUT2D eigenvalue weighted by molar-refractivity contribution is 8.00.